The van der Waals surface area contributed by atoms with Crippen LogP contribution < -0.4 is 4.74 Å². The number of ether oxygens (including phenoxy) is 1. The van der Waals surface area contributed by atoms with Crippen LogP contribution in [0.3, 0.4) is 0 Å². The van der Waals surface area contributed by atoms with Crippen LogP contribution in [0.25, 0.3) is 11.1 Å². The second-order valence-corrected chi connectivity index (χ2v) is 5.96. The molecule has 1 N–H and O–H groups in total. The lowest BCUT2D eigenvalue weighted by molar-refractivity contribution is 0.100. The molecule has 2 heterocycles. The number of pyridine rings is 2. The number of hydrogen-bond donors (Lipinski definition) is 1. The molecule has 5 nitrogen and oxygen atoms in total. The predicted octanol–water partition coefficient (Wildman–Crippen LogP) is 3.39. The Morgan fingerprint density at radius 1 is 1.04 bits per heavy atom. The Bertz CT molecular complexity index is 874. The van der Waals surface area contributed by atoms with E-state index in [2.05, 4.69) is 16.0 Å². The Balaban J connectivity index is 1.52. The van der Waals surface area contributed by atoms with Gasteiger partial charge in [-0.05, 0) is 48.2 Å². The van der Waals surface area contributed by atoms with Crippen molar-refractivity contribution < 1.29 is 9.84 Å². The van der Waals surface area contributed by atoms with Crippen LogP contribution in [0.1, 0.15) is 17.5 Å². The molecular formula is C21H19N3O2. The van der Waals surface area contributed by atoms with Crippen LogP contribution in [0.2, 0.25) is 0 Å². The minimum absolute atomic E-state index is 0.241. The summed E-state index contributed by atoms with van der Waals surface area (Å²) in [5.74, 6) is 0.693. The normalized spacial score (nSPS) is 11.5. The maximum absolute atomic E-state index is 10.1. The third-order valence-electron chi connectivity index (χ3n) is 3.99. The molecule has 0 unspecified atom stereocenters. The Labute approximate surface area is 152 Å². The van der Waals surface area contributed by atoms with Crippen molar-refractivity contribution in [3.8, 4) is 22.9 Å². The van der Waals surface area contributed by atoms with E-state index in [1.165, 1.54) is 6.20 Å². The number of aliphatic hydroxyl groups excluding tert-OH is 1. The largest absolute Gasteiger partial charge is 0.491 e. The summed E-state index contributed by atoms with van der Waals surface area (Å²) in [6.45, 7) is 0.241. The van der Waals surface area contributed by atoms with Gasteiger partial charge < -0.3 is 9.84 Å². The molecule has 0 aliphatic rings. The first-order valence-corrected chi connectivity index (χ1v) is 8.40. The van der Waals surface area contributed by atoms with E-state index in [0.717, 1.165) is 23.1 Å². The quantitative estimate of drug-likeness (QED) is 0.710. The fourth-order valence-electron chi connectivity index (χ4n) is 2.56. The number of nitrogens with zero attached hydrogens (tertiary/aromatic N) is 3. The average Bonchev–Trinajstić information content (AvgIpc) is 2.72. The third-order valence-corrected chi connectivity index (χ3v) is 3.99. The maximum Gasteiger partial charge on any atom is 0.119 e. The van der Waals surface area contributed by atoms with Crippen LogP contribution >= 0.6 is 0 Å². The molecule has 0 aliphatic heterocycles. The number of nitriles is 1. The number of rotatable bonds is 7. The van der Waals surface area contributed by atoms with E-state index in [9.17, 15) is 5.11 Å². The molecule has 3 aromatic rings. The predicted molar refractivity (Wildman–Crippen MR) is 98.4 cm³/mol. The molecule has 2 aromatic heterocycles. The van der Waals surface area contributed by atoms with E-state index >= 15 is 0 Å². The molecule has 0 radical (unpaired) electrons. The molecule has 0 aliphatic carbocycles. The third kappa shape index (κ3) is 4.88. The minimum Gasteiger partial charge on any atom is -0.491 e. The van der Waals surface area contributed by atoms with Crippen LogP contribution in [0.4, 0.5) is 0 Å². The van der Waals surface area contributed by atoms with Gasteiger partial charge in [-0.3, -0.25) is 9.97 Å². The summed E-state index contributed by atoms with van der Waals surface area (Å²) in [5.41, 5.74) is 3.47. The highest BCUT2D eigenvalue weighted by atomic mass is 16.5. The number of aromatic nitrogens is 2. The summed E-state index contributed by atoms with van der Waals surface area (Å²) in [5, 5.41) is 19.0. The molecule has 0 spiro atoms. The molecule has 0 amide bonds. The van der Waals surface area contributed by atoms with Crippen LogP contribution in [0, 0.1) is 11.3 Å². The molecule has 0 fully saturated rings. The van der Waals surface area contributed by atoms with Crippen molar-refractivity contribution in [1.82, 2.24) is 9.97 Å². The summed E-state index contributed by atoms with van der Waals surface area (Å²) in [7, 11) is 0. The van der Waals surface area contributed by atoms with Gasteiger partial charge in [0.15, 0.2) is 0 Å². The second-order valence-electron chi connectivity index (χ2n) is 5.96. The minimum atomic E-state index is -0.536. The van der Waals surface area contributed by atoms with Crippen molar-refractivity contribution in [2.24, 2.45) is 0 Å². The van der Waals surface area contributed by atoms with E-state index in [4.69, 9.17) is 10.00 Å². The van der Waals surface area contributed by atoms with E-state index in [1.54, 1.807) is 18.5 Å². The van der Waals surface area contributed by atoms with Gasteiger partial charge in [-0.15, -0.1) is 0 Å². The average molecular weight is 345 g/mol. The van der Waals surface area contributed by atoms with Crippen LogP contribution in [-0.2, 0) is 6.42 Å². The number of aliphatic hydroxyl groups is 1. The monoisotopic (exact) mass is 345 g/mol. The smallest absolute Gasteiger partial charge is 0.119 e. The molecular weight excluding hydrogens is 326 g/mol. The van der Waals surface area contributed by atoms with Crippen molar-refractivity contribution in [3.63, 3.8) is 0 Å². The molecule has 130 valence electrons. The molecule has 26 heavy (non-hydrogen) atoms. The summed E-state index contributed by atoms with van der Waals surface area (Å²) in [6.07, 6.45) is 7.65. The number of hydrogen-bond acceptors (Lipinski definition) is 5. The first-order valence-electron chi connectivity index (χ1n) is 8.40. The first kappa shape index (κ1) is 17.6. The van der Waals surface area contributed by atoms with Crippen LogP contribution in [0.5, 0.6) is 5.75 Å². The Morgan fingerprint density at radius 3 is 2.62 bits per heavy atom. The molecule has 1 atom stereocenters. The lowest BCUT2D eigenvalue weighted by atomic mass is 10.1. The van der Waals surface area contributed by atoms with Crippen LogP contribution in [0.15, 0.2) is 67.3 Å². The van der Waals surface area contributed by atoms with Gasteiger partial charge in [-0.25, -0.2) is 0 Å². The first-order chi connectivity index (χ1) is 12.7. The van der Waals surface area contributed by atoms with Gasteiger partial charge in [0, 0.05) is 30.4 Å². The Morgan fingerprint density at radius 2 is 1.88 bits per heavy atom. The van der Waals surface area contributed by atoms with Gasteiger partial charge >= 0.3 is 0 Å². The fraction of sp³-hybridized carbons (Fsp3) is 0.190. The summed E-state index contributed by atoms with van der Waals surface area (Å²) >= 11 is 0. The molecule has 0 bridgehead atoms. The number of aryl methyl sites for hydroxylation is 1. The van der Waals surface area contributed by atoms with Crippen molar-refractivity contribution in [2.75, 3.05) is 6.61 Å². The van der Waals surface area contributed by atoms with E-state index < -0.39 is 6.10 Å². The van der Waals surface area contributed by atoms with Crippen molar-refractivity contribution in [2.45, 2.75) is 18.9 Å². The molecule has 0 saturated heterocycles. The zero-order chi connectivity index (χ0) is 18.2. The second kappa shape index (κ2) is 8.75. The zero-order valence-electron chi connectivity index (χ0n) is 14.2. The van der Waals surface area contributed by atoms with Gasteiger partial charge in [0.1, 0.15) is 18.4 Å². The highest BCUT2D eigenvalue weighted by molar-refractivity contribution is 5.64. The van der Waals surface area contributed by atoms with Crippen LogP contribution in [-0.4, -0.2) is 27.8 Å². The topological polar surface area (TPSA) is 79.0 Å². The van der Waals surface area contributed by atoms with Gasteiger partial charge in [0.05, 0.1) is 11.7 Å². The van der Waals surface area contributed by atoms with Gasteiger partial charge in [-0.2, -0.15) is 5.26 Å². The van der Waals surface area contributed by atoms with E-state index in [0.29, 0.717) is 17.7 Å². The zero-order valence-corrected chi connectivity index (χ0v) is 14.2. The van der Waals surface area contributed by atoms with Crippen molar-refractivity contribution in [1.29, 1.82) is 5.26 Å². The van der Waals surface area contributed by atoms with Gasteiger partial charge in [0.25, 0.3) is 0 Å². The molecule has 0 saturated carbocycles. The highest BCUT2D eigenvalue weighted by Gasteiger charge is 2.07. The van der Waals surface area contributed by atoms with Gasteiger partial charge in [-0.1, -0.05) is 18.2 Å². The van der Waals surface area contributed by atoms with Crippen molar-refractivity contribution in [3.05, 3.63) is 78.4 Å². The Hall–Kier alpha value is -3.23. The lowest BCUT2D eigenvalue weighted by Gasteiger charge is -2.12. The maximum atomic E-state index is 10.1. The Kier molecular flexibility index (Phi) is 5.92. The summed E-state index contributed by atoms with van der Waals surface area (Å²) in [4.78, 5) is 8.13. The summed E-state index contributed by atoms with van der Waals surface area (Å²) < 4.78 is 5.66. The summed E-state index contributed by atoms with van der Waals surface area (Å²) in [6, 6.07) is 15.3. The number of benzene rings is 1. The molecule has 1 aromatic carbocycles. The molecule has 5 heteroatoms. The van der Waals surface area contributed by atoms with E-state index in [-0.39, 0.29) is 6.61 Å². The van der Waals surface area contributed by atoms with E-state index in [1.807, 2.05) is 42.6 Å². The van der Waals surface area contributed by atoms with Crippen molar-refractivity contribution >= 4 is 0 Å². The molecule has 3 rings (SSSR count). The highest BCUT2D eigenvalue weighted by Crippen LogP contribution is 2.22. The fourth-order valence-corrected chi connectivity index (χ4v) is 2.56. The SMILES string of the molecule is N#Cc1cncc(-c2ccc(OC[C@H](O)CCc3cccnc3)cc2)c1. The lowest BCUT2D eigenvalue weighted by Crippen LogP contribution is -2.18. The standard InChI is InChI=1S/C21H19N3O2/c22-11-17-10-19(14-24-13-17)18-4-7-21(8-5-18)26-15-20(25)6-3-16-2-1-9-23-12-16/h1-2,4-5,7-10,12-14,20,25H,3,6,15H2/t20-/m1/s1. The van der Waals surface area contributed by atoms with Gasteiger partial charge in [0.2, 0.25) is 0 Å².